The number of methoxy groups -OCH3 is 1. The first-order valence-corrected chi connectivity index (χ1v) is 10.8. The molecule has 0 saturated heterocycles. The summed E-state index contributed by atoms with van der Waals surface area (Å²) in [5.41, 5.74) is 6.71. The Morgan fingerprint density at radius 1 is 1.11 bits per heavy atom. The molecule has 0 radical (unpaired) electrons. The molecule has 0 aliphatic heterocycles. The fourth-order valence-electron chi connectivity index (χ4n) is 3.15. The van der Waals surface area contributed by atoms with E-state index in [4.69, 9.17) is 5.73 Å². The maximum Gasteiger partial charge on any atom is 0.363 e. The van der Waals surface area contributed by atoms with Gasteiger partial charge in [-0.25, -0.2) is 33.4 Å². The van der Waals surface area contributed by atoms with Crippen molar-refractivity contribution in [3.05, 3.63) is 98.5 Å². The molecule has 0 fully saturated rings. The van der Waals surface area contributed by atoms with E-state index in [1.54, 1.807) is 25.1 Å². The molecular weight excluding hydrogens is 499 g/mol. The number of nitrogens with one attached hydrogen (secondary N) is 2. The van der Waals surface area contributed by atoms with Crippen LogP contribution < -0.4 is 16.7 Å². The first kappa shape index (κ1) is 29.3. The number of carboxylic acids is 1. The number of amides is 1. The van der Waals surface area contributed by atoms with Gasteiger partial charge in [0.05, 0.1) is 12.7 Å². The summed E-state index contributed by atoms with van der Waals surface area (Å²) in [6, 6.07) is 12.5. The maximum absolute atomic E-state index is 13.2. The van der Waals surface area contributed by atoms with Crippen molar-refractivity contribution in [3.63, 3.8) is 0 Å². The topological polar surface area (TPSA) is 182 Å². The number of ether oxygens (including phenoxy) is 1. The van der Waals surface area contributed by atoms with Gasteiger partial charge in [0.1, 0.15) is 11.5 Å². The molecule has 1 amide bonds. The first-order valence-electron chi connectivity index (χ1n) is 10.8. The van der Waals surface area contributed by atoms with E-state index in [0.29, 0.717) is 23.2 Å². The fourth-order valence-corrected chi connectivity index (χ4v) is 3.15. The van der Waals surface area contributed by atoms with Gasteiger partial charge in [-0.15, -0.1) is 0 Å². The predicted octanol–water partition coefficient (Wildman–Crippen LogP) is 2.06. The number of benzene rings is 2. The van der Waals surface area contributed by atoms with Crippen LogP contribution in [0.5, 0.6) is 0 Å². The molecule has 4 aromatic rings. The molecule has 0 bridgehead atoms. The lowest BCUT2D eigenvalue weighted by atomic mass is 10.1. The molecule has 2 aromatic carbocycles. The number of aromatic nitrogens is 4. The van der Waals surface area contributed by atoms with Gasteiger partial charge < -0.3 is 20.9 Å². The second-order valence-corrected chi connectivity index (χ2v) is 7.65. The van der Waals surface area contributed by atoms with Crippen LogP contribution in [-0.2, 0) is 17.8 Å². The van der Waals surface area contributed by atoms with Crippen LogP contribution in [0.1, 0.15) is 55.5 Å². The van der Waals surface area contributed by atoms with Crippen molar-refractivity contribution in [2.75, 3.05) is 7.11 Å². The van der Waals surface area contributed by atoms with E-state index in [2.05, 4.69) is 25.1 Å². The standard InChI is InChI=1S/C15H12FN5O4.C9H11NO2.CH4/c1-7-4-8(2-3-9(7)16)6-17-12(22)10-5-11(13(23)24)21-14(18-10)19-15(25)20-21;1-12-9(11)8-4-2-7(6-10)3-5-8;/h2-5H,6H2,1H3,(H,17,22)(H,20,25)(H,23,24);2-5H,6,10H2,1H3;1H4. The predicted molar refractivity (Wildman–Crippen MR) is 135 cm³/mol. The Labute approximate surface area is 216 Å². The number of esters is 1. The SMILES string of the molecule is C.COC(=O)c1ccc(CN)cc1.Cc1cc(CNC(=O)c2cc(C(=O)O)n3[nH]c(=O)nc3n2)ccc1F. The van der Waals surface area contributed by atoms with Crippen LogP contribution in [0.4, 0.5) is 4.39 Å². The number of hydrogen-bond acceptors (Lipinski definition) is 8. The van der Waals surface area contributed by atoms with Crippen molar-refractivity contribution in [2.24, 2.45) is 5.73 Å². The smallest absolute Gasteiger partial charge is 0.363 e. The number of rotatable bonds is 6. The Kier molecular flexibility index (Phi) is 9.93. The molecule has 0 atom stereocenters. The molecule has 0 saturated carbocycles. The van der Waals surface area contributed by atoms with Gasteiger partial charge in [0, 0.05) is 19.2 Å². The van der Waals surface area contributed by atoms with Crippen LogP contribution in [0, 0.1) is 12.7 Å². The number of carbonyl (C=O) groups is 3. The van der Waals surface area contributed by atoms with Crippen LogP contribution in [0.25, 0.3) is 5.78 Å². The lowest BCUT2D eigenvalue weighted by molar-refractivity contribution is 0.0599. The van der Waals surface area contributed by atoms with E-state index in [1.807, 2.05) is 12.1 Å². The van der Waals surface area contributed by atoms with Gasteiger partial charge in [-0.2, -0.15) is 4.98 Å². The van der Waals surface area contributed by atoms with E-state index >= 15 is 0 Å². The molecule has 0 aliphatic carbocycles. The Morgan fingerprint density at radius 3 is 2.34 bits per heavy atom. The monoisotopic (exact) mass is 526 g/mol. The van der Waals surface area contributed by atoms with E-state index in [1.165, 1.54) is 19.2 Å². The van der Waals surface area contributed by atoms with Crippen molar-refractivity contribution in [1.82, 2.24) is 24.9 Å². The molecule has 200 valence electrons. The number of aryl methyl sites for hydroxylation is 1. The molecule has 38 heavy (non-hydrogen) atoms. The van der Waals surface area contributed by atoms with Crippen LogP contribution >= 0.6 is 0 Å². The lowest BCUT2D eigenvalue weighted by Gasteiger charge is -2.07. The number of carbonyl (C=O) groups excluding carboxylic acids is 2. The van der Waals surface area contributed by atoms with Gasteiger partial charge in [0.15, 0.2) is 5.69 Å². The zero-order chi connectivity index (χ0) is 27.1. The quantitative estimate of drug-likeness (QED) is 0.273. The normalized spacial score (nSPS) is 10.1. The van der Waals surface area contributed by atoms with E-state index in [9.17, 15) is 28.7 Å². The van der Waals surface area contributed by atoms with E-state index in [0.717, 1.165) is 16.1 Å². The maximum atomic E-state index is 13.2. The Balaban J connectivity index is 0.000000330. The first-order chi connectivity index (χ1) is 17.6. The third kappa shape index (κ3) is 7.07. The molecule has 2 heterocycles. The number of nitrogens with zero attached hydrogens (tertiary/aromatic N) is 3. The average Bonchev–Trinajstić information content (AvgIpc) is 3.28. The van der Waals surface area contributed by atoms with Gasteiger partial charge in [0.2, 0.25) is 0 Å². The highest BCUT2D eigenvalue weighted by Crippen LogP contribution is 2.10. The average molecular weight is 527 g/mol. The summed E-state index contributed by atoms with van der Waals surface area (Å²) in [7, 11) is 1.36. The highest BCUT2D eigenvalue weighted by Gasteiger charge is 2.18. The highest BCUT2D eigenvalue weighted by molar-refractivity contribution is 5.95. The van der Waals surface area contributed by atoms with Gasteiger partial charge in [-0.3, -0.25) is 4.79 Å². The minimum absolute atomic E-state index is 0. The molecule has 0 aliphatic rings. The second kappa shape index (κ2) is 12.9. The minimum Gasteiger partial charge on any atom is -0.477 e. The summed E-state index contributed by atoms with van der Waals surface area (Å²) in [5, 5.41) is 13.9. The number of halogens is 1. The summed E-state index contributed by atoms with van der Waals surface area (Å²) >= 11 is 0. The van der Waals surface area contributed by atoms with Crippen molar-refractivity contribution in [3.8, 4) is 0 Å². The number of aromatic amines is 1. The number of fused-ring (bicyclic) bond motifs is 1. The molecule has 0 spiro atoms. The summed E-state index contributed by atoms with van der Waals surface area (Å²) in [5.74, 6) is -2.91. The van der Waals surface area contributed by atoms with Crippen LogP contribution in [-0.4, -0.2) is 49.6 Å². The Hall–Kier alpha value is -4.91. The van der Waals surface area contributed by atoms with Crippen molar-refractivity contribution in [1.29, 1.82) is 0 Å². The molecule has 2 aromatic heterocycles. The summed E-state index contributed by atoms with van der Waals surface area (Å²) in [6.07, 6.45) is 0. The number of aromatic carboxylic acids is 1. The van der Waals surface area contributed by atoms with Crippen LogP contribution in [0.2, 0.25) is 0 Å². The molecule has 13 heteroatoms. The molecule has 0 unspecified atom stereocenters. The van der Waals surface area contributed by atoms with Crippen molar-refractivity contribution < 1.29 is 28.6 Å². The summed E-state index contributed by atoms with van der Waals surface area (Å²) in [4.78, 5) is 53.1. The summed E-state index contributed by atoms with van der Waals surface area (Å²) in [6.45, 7) is 2.19. The molecule has 5 N–H and O–H groups in total. The van der Waals surface area contributed by atoms with Crippen molar-refractivity contribution >= 4 is 23.6 Å². The second-order valence-electron chi connectivity index (χ2n) is 7.65. The molecule has 12 nitrogen and oxygen atoms in total. The molecular formula is C25H27FN6O6. The Bertz CT molecular complexity index is 1510. The van der Waals surface area contributed by atoms with Crippen LogP contribution in [0.15, 0.2) is 53.3 Å². The largest absolute Gasteiger partial charge is 0.477 e. The zero-order valence-corrected chi connectivity index (χ0v) is 19.8. The third-order valence-corrected chi connectivity index (χ3v) is 5.08. The van der Waals surface area contributed by atoms with Gasteiger partial charge in [-0.05, 0) is 41.8 Å². The Morgan fingerprint density at radius 2 is 1.76 bits per heavy atom. The third-order valence-electron chi connectivity index (χ3n) is 5.08. The number of carboxylic acid groups (broad SMARTS) is 1. The lowest BCUT2D eigenvalue weighted by Crippen LogP contribution is -2.25. The van der Waals surface area contributed by atoms with Gasteiger partial charge in [0.25, 0.3) is 11.7 Å². The minimum atomic E-state index is -1.36. The van der Waals surface area contributed by atoms with Crippen LogP contribution in [0.3, 0.4) is 0 Å². The van der Waals surface area contributed by atoms with Gasteiger partial charge in [-0.1, -0.05) is 31.7 Å². The number of H-pyrrole nitrogens is 1. The fraction of sp³-hybridized carbons (Fsp3) is 0.200. The van der Waals surface area contributed by atoms with E-state index in [-0.39, 0.29) is 42.9 Å². The highest BCUT2D eigenvalue weighted by atomic mass is 19.1. The molecule has 4 rings (SSSR count). The summed E-state index contributed by atoms with van der Waals surface area (Å²) < 4.78 is 18.7. The van der Waals surface area contributed by atoms with Gasteiger partial charge >= 0.3 is 17.6 Å². The number of nitrogens with two attached hydrogens (primary N) is 1. The zero-order valence-electron chi connectivity index (χ0n) is 19.8. The number of hydrogen-bond donors (Lipinski definition) is 4. The van der Waals surface area contributed by atoms with E-state index < -0.39 is 17.6 Å². The van der Waals surface area contributed by atoms with Crippen molar-refractivity contribution in [2.45, 2.75) is 27.4 Å².